The minimum Gasteiger partial charge on any atom is -0.458 e. The third-order valence-corrected chi connectivity index (χ3v) is 3.86. The van der Waals surface area contributed by atoms with Crippen LogP contribution in [-0.4, -0.2) is 60.6 Å². The molecule has 166 valence electrons. The summed E-state index contributed by atoms with van der Waals surface area (Å²) in [5, 5.41) is 2.25. The molecule has 0 aromatic heterocycles. The van der Waals surface area contributed by atoms with E-state index in [-0.39, 0.29) is 25.4 Å². The summed E-state index contributed by atoms with van der Waals surface area (Å²) >= 11 is 0. The molecule has 1 aromatic rings. The predicted molar refractivity (Wildman–Crippen MR) is 107 cm³/mol. The van der Waals surface area contributed by atoms with Crippen molar-refractivity contribution >= 4 is 23.8 Å². The quantitative estimate of drug-likeness (QED) is 0.482. The number of carbonyl (C=O) groups is 4. The Morgan fingerprint density at radius 1 is 1.10 bits per heavy atom. The van der Waals surface area contributed by atoms with Gasteiger partial charge in [-0.3, -0.25) is 9.59 Å². The second-order valence-electron chi connectivity index (χ2n) is 7.88. The molecule has 0 bridgehead atoms. The van der Waals surface area contributed by atoms with Gasteiger partial charge in [-0.1, -0.05) is 30.3 Å². The zero-order valence-electron chi connectivity index (χ0n) is 17.9. The lowest BCUT2D eigenvalue weighted by atomic mass is 10.0. The Bertz CT molecular complexity index is 746. The number of rotatable bonds is 9. The number of nitrogens with zero attached hydrogens (tertiary/aromatic N) is 1. The number of benzene rings is 1. The summed E-state index contributed by atoms with van der Waals surface area (Å²) in [4.78, 5) is 49.7. The van der Waals surface area contributed by atoms with Crippen molar-refractivity contribution in [3.05, 3.63) is 35.9 Å². The van der Waals surface area contributed by atoms with Crippen molar-refractivity contribution in [1.29, 1.82) is 0 Å². The van der Waals surface area contributed by atoms with Gasteiger partial charge in [0, 0.05) is 20.5 Å². The molecule has 0 aliphatic heterocycles. The highest BCUT2D eigenvalue weighted by atomic mass is 19.1. The highest BCUT2D eigenvalue weighted by Gasteiger charge is 2.35. The largest absolute Gasteiger partial charge is 0.458 e. The Hall–Kier alpha value is -2.97. The Morgan fingerprint density at radius 2 is 1.70 bits per heavy atom. The molecule has 1 N–H and O–H groups in total. The lowest BCUT2D eigenvalue weighted by Crippen LogP contribution is -2.48. The van der Waals surface area contributed by atoms with Gasteiger partial charge in [-0.15, -0.1) is 0 Å². The number of ether oxygens (including phenoxy) is 2. The van der Waals surface area contributed by atoms with E-state index in [1.54, 1.807) is 51.1 Å². The molecule has 0 aliphatic carbocycles. The van der Waals surface area contributed by atoms with Crippen molar-refractivity contribution in [2.75, 3.05) is 14.1 Å². The summed E-state index contributed by atoms with van der Waals surface area (Å²) < 4.78 is 24.4. The molecular formula is C21H29FN2O6. The Labute approximate surface area is 175 Å². The molecule has 0 spiro atoms. The number of esters is 1. The first-order chi connectivity index (χ1) is 13.9. The summed E-state index contributed by atoms with van der Waals surface area (Å²) in [6, 6.07) is 7.16. The summed E-state index contributed by atoms with van der Waals surface area (Å²) in [5.74, 6) is -2.88. The monoisotopic (exact) mass is 424 g/mol. The van der Waals surface area contributed by atoms with Crippen LogP contribution >= 0.6 is 0 Å². The van der Waals surface area contributed by atoms with Crippen LogP contribution in [0.1, 0.15) is 39.2 Å². The fraction of sp³-hybridized carbons (Fsp3) is 0.524. The topological polar surface area (TPSA) is 102 Å². The first-order valence-corrected chi connectivity index (χ1v) is 9.48. The first kappa shape index (κ1) is 25.1. The van der Waals surface area contributed by atoms with Crippen molar-refractivity contribution in [2.45, 2.75) is 58.0 Å². The molecular weight excluding hydrogens is 395 g/mol. The smallest absolute Gasteiger partial charge is 0.408 e. The van der Waals surface area contributed by atoms with E-state index < -0.39 is 35.7 Å². The summed E-state index contributed by atoms with van der Waals surface area (Å²) in [6.45, 7) is 4.67. The molecule has 0 fully saturated rings. The Morgan fingerprint density at radius 3 is 2.23 bits per heavy atom. The highest BCUT2D eigenvalue weighted by Crippen LogP contribution is 2.12. The molecule has 1 aromatic carbocycles. The van der Waals surface area contributed by atoms with Crippen LogP contribution in [0.25, 0.3) is 0 Å². The number of Topliss-reactive ketones (excluding diaryl/α,β-unsaturated/α-hetero) is 1. The number of halogens is 1. The van der Waals surface area contributed by atoms with Gasteiger partial charge in [-0.05, 0) is 32.8 Å². The van der Waals surface area contributed by atoms with Gasteiger partial charge in [-0.25, -0.2) is 14.0 Å². The van der Waals surface area contributed by atoms with Gasteiger partial charge in [-0.2, -0.15) is 0 Å². The molecule has 0 aliphatic rings. The number of amides is 2. The number of hydrogen-bond donors (Lipinski definition) is 1. The van der Waals surface area contributed by atoms with Gasteiger partial charge in [0.2, 0.25) is 11.7 Å². The van der Waals surface area contributed by atoms with Crippen LogP contribution in [-0.2, 0) is 30.5 Å². The van der Waals surface area contributed by atoms with Crippen LogP contribution < -0.4 is 5.32 Å². The van der Waals surface area contributed by atoms with Gasteiger partial charge in [0.1, 0.15) is 12.2 Å². The third kappa shape index (κ3) is 9.02. The number of hydrogen-bond acceptors (Lipinski definition) is 6. The van der Waals surface area contributed by atoms with Gasteiger partial charge in [0.25, 0.3) is 6.17 Å². The summed E-state index contributed by atoms with van der Waals surface area (Å²) in [5.41, 5.74) is -0.216. The third-order valence-electron chi connectivity index (χ3n) is 3.86. The summed E-state index contributed by atoms with van der Waals surface area (Å²) in [6.07, 6.45) is -3.89. The van der Waals surface area contributed by atoms with Gasteiger partial charge >= 0.3 is 12.1 Å². The van der Waals surface area contributed by atoms with E-state index in [0.717, 1.165) is 0 Å². The highest BCUT2D eigenvalue weighted by molar-refractivity contribution is 6.05. The number of alkyl carbamates (subject to hydrolysis) is 1. The van der Waals surface area contributed by atoms with E-state index in [4.69, 9.17) is 9.47 Å². The molecule has 0 saturated carbocycles. The minimum absolute atomic E-state index is 0.134. The van der Waals surface area contributed by atoms with Crippen LogP contribution in [0.4, 0.5) is 9.18 Å². The molecule has 8 nitrogen and oxygen atoms in total. The molecule has 30 heavy (non-hydrogen) atoms. The fourth-order valence-electron chi connectivity index (χ4n) is 2.32. The van der Waals surface area contributed by atoms with Crippen molar-refractivity contribution in [1.82, 2.24) is 10.2 Å². The zero-order chi connectivity index (χ0) is 22.9. The average molecular weight is 424 g/mol. The van der Waals surface area contributed by atoms with Crippen molar-refractivity contribution in [2.24, 2.45) is 0 Å². The standard InChI is InChI=1S/C21H29FN2O6/c1-21(2,3)30-20(28)23-15(11-12-16(25)24(4)5)18(26)17(22)19(27)29-13-14-9-7-6-8-10-14/h6-10,15,17H,11-13H2,1-5H3,(H,23,28)/t15-,17?/m0/s1. The predicted octanol–water partition coefficient (Wildman–Crippen LogP) is 2.40. The van der Waals surface area contributed by atoms with Crippen LogP contribution in [0.15, 0.2) is 30.3 Å². The fourth-order valence-corrected chi connectivity index (χ4v) is 2.32. The van der Waals surface area contributed by atoms with E-state index in [9.17, 15) is 23.6 Å². The van der Waals surface area contributed by atoms with Crippen molar-refractivity contribution in [3.63, 3.8) is 0 Å². The molecule has 0 radical (unpaired) electrons. The van der Waals surface area contributed by atoms with Gasteiger partial charge in [0.15, 0.2) is 0 Å². The Kier molecular flexibility index (Phi) is 9.42. The number of nitrogens with one attached hydrogen (secondary N) is 1. The first-order valence-electron chi connectivity index (χ1n) is 9.48. The lowest BCUT2D eigenvalue weighted by Gasteiger charge is -2.24. The lowest BCUT2D eigenvalue weighted by molar-refractivity contribution is -0.155. The summed E-state index contributed by atoms with van der Waals surface area (Å²) in [7, 11) is 3.05. The van der Waals surface area contributed by atoms with Crippen LogP contribution in [0.2, 0.25) is 0 Å². The van der Waals surface area contributed by atoms with E-state index in [1.165, 1.54) is 19.0 Å². The average Bonchev–Trinajstić information content (AvgIpc) is 2.67. The normalized spacial score (nSPS) is 13.0. The van der Waals surface area contributed by atoms with Crippen LogP contribution in [0.5, 0.6) is 0 Å². The van der Waals surface area contributed by atoms with Gasteiger partial charge < -0.3 is 19.7 Å². The molecule has 2 atom stereocenters. The van der Waals surface area contributed by atoms with E-state index in [2.05, 4.69) is 5.32 Å². The molecule has 9 heteroatoms. The second kappa shape index (κ2) is 11.3. The zero-order valence-corrected chi connectivity index (χ0v) is 17.9. The van der Waals surface area contributed by atoms with E-state index in [1.807, 2.05) is 0 Å². The van der Waals surface area contributed by atoms with Crippen LogP contribution in [0, 0.1) is 0 Å². The molecule has 1 unspecified atom stereocenters. The maximum absolute atomic E-state index is 14.5. The van der Waals surface area contributed by atoms with E-state index in [0.29, 0.717) is 5.56 Å². The number of alkyl halides is 1. The molecule has 0 heterocycles. The second-order valence-corrected chi connectivity index (χ2v) is 7.88. The number of carbonyl (C=O) groups excluding carboxylic acids is 4. The van der Waals surface area contributed by atoms with Crippen LogP contribution in [0.3, 0.4) is 0 Å². The maximum atomic E-state index is 14.5. The molecule has 2 amide bonds. The van der Waals surface area contributed by atoms with Gasteiger partial charge in [0.05, 0.1) is 6.04 Å². The molecule has 1 rings (SSSR count). The molecule has 0 saturated heterocycles. The van der Waals surface area contributed by atoms with Crippen molar-refractivity contribution < 1.29 is 33.0 Å². The van der Waals surface area contributed by atoms with E-state index >= 15 is 0 Å². The SMILES string of the molecule is CN(C)C(=O)CC[C@H](NC(=O)OC(C)(C)C)C(=O)C(F)C(=O)OCc1ccccc1. The van der Waals surface area contributed by atoms with Crippen molar-refractivity contribution in [3.8, 4) is 0 Å². The maximum Gasteiger partial charge on any atom is 0.408 e. The number of ketones is 1. The minimum atomic E-state index is -2.61. The Balaban J connectivity index is 2.80.